The lowest BCUT2D eigenvalue weighted by Gasteiger charge is -2.26. The highest BCUT2D eigenvalue weighted by molar-refractivity contribution is 6.32. The summed E-state index contributed by atoms with van der Waals surface area (Å²) in [5.74, 6) is -0.798. The van der Waals surface area contributed by atoms with E-state index in [9.17, 15) is 18.0 Å². The summed E-state index contributed by atoms with van der Waals surface area (Å²) in [4.78, 5) is 17.0. The number of pyridine rings is 1. The first-order valence-corrected chi connectivity index (χ1v) is 8.46. The summed E-state index contributed by atoms with van der Waals surface area (Å²) in [6.07, 6.45) is -7.34. The molecule has 0 aliphatic carbocycles. The first-order valence-electron chi connectivity index (χ1n) is 8.08. The molecule has 1 aromatic heterocycles. The van der Waals surface area contributed by atoms with Crippen LogP contribution in [0.2, 0.25) is 5.02 Å². The van der Waals surface area contributed by atoms with Gasteiger partial charge in [0.25, 0.3) is 5.91 Å². The van der Waals surface area contributed by atoms with Crippen molar-refractivity contribution in [2.24, 2.45) is 0 Å². The Morgan fingerprint density at radius 2 is 2.03 bits per heavy atom. The molecule has 0 radical (unpaired) electrons. The zero-order valence-corrected chi connectivity index (χ0v) is 15.2. The van der Waals surface area contributed by atoms with Crippen molar-refractivity contribution in [3.05, 3.63) is 52.8 Å². The summed E-state index contributed by atoms with van der Waals surface area (Å²) in [6, 6.07) is 10.2. The van der Waals surface area contributed by atoms with Gasteiger partial charge in [-0.05, 0) is 30.3 Å². The molecule has 1 saturated heterocycles. The van der Waals surface area contributed by atoms with Crippen LogP contribution in [0, 0.1) is 22.7 Å². The van der Waals surface area contributed by atoms with E-state index in [1.807, 2.05) is 12.1 Å². The molecule has 1 aliphatic heterocycles. The Kier molecular flexibility index (Phi) is 5.59. The minimum atomic E-state index is -4.77. The summed E-state index contributed by atoms with van der Waals surface area (Å²) < 4.78 is 45.4. The molecule has 1 N–H and O–H groups in total. The largest absolute Gasteiger partial charge is 0.433 e. The van der Waals surface area contributed by atoms with E-state index in [-0.39, 0.29) is 34.2 Å². The molecule has 1 aliphatic rings. The highest BCUT2D eigenvalue weighted by atomic mass is 35.5. The van der Waals surface area contributed by atoms with Crippen LogP contribution in [0.4, 0.5) is 24.5 Å². The number of nitriles is 2. The number of aromatic nitrogens is 1. The number of hydrogen-bond acceptors (Lipinski definition) is 6. The summed E-state index contributed by atoms with van der Waals surface area (Å²) in [7, 11) is 0. The van der Waals surface area contributed by atoms with Gasteiger partial charge in [0.15, 0.2) is 6.10 Å². The lowest BCUT2D eigenvalue weighted by molar-refractivity contribution is -0.212. The number of rotatable bonds is 3. The van der Waals surface area contributed by atoms with Gasteiger partial charge in [-0.3, -0.25) is 4.79 Å². The van der Waals surface area contributed by atoms with Crippen molar-refractivity contribution >= 4 is 28.9 Å². The molecule has 2 heterocycles. The molecule has 1 aromatic carbocycles. The predicted octanol–water partition coefficient (Wildman–Crippen LogP) is 3.21. The lowest BCUT2D eigenvalue weighted by Crippen LogP contribution is -2.42. The molecule has 1 amide bonds. The number of amides is 1. The number of nitrogens with zero attached hydrogens (tertiary/aromatic N) is 4. The number of halogens is 4. The summed E-state index contributed by atoms with van der Waals surface area (Å²) >= 11 is 5.92. The smallest absolute Gasteiger partial charge is 0.335 e. The van der Waals surface area contributed by atoms with Crippen LogP contribution in [-0.2, 0) is 9.53 Å². The first-order chi connectivity index (χ1) is 13.7. The number of nitrogens with one attached hydrogen (secondary N) is 1. The van der Waals surface area contributed by atoms with Crippen molar-refractivity contribution < 1.29 is 22.7 Å². The molecule has 11 heteroatoms. The number of ether oxygens (including phenoxy) is 1. The SMILES string of the molecule is N#Cc1ccc(NC(=O)[C@@H]2CN(c3ccc(C#N)c(Cl)c3)[C@@H](C(F)(F)F)O2)cn1. The maximum absolute atomic E-state index is 13.5. The first kappa shape index (κ1) is 20.4. The molecule has 0 unspecified atom stereocenters. The van der Waals surface area contributed by atoms with Crippen LogP contribution >= 0.6 is 11.6 Å². The second kappa shape index (κ2) is 7.95. The maximum Gasteiger partial charge on any atom is 0.433 e. The van der Waals surface area contributed by atoms with E-state index in [1.165, 1.54) is 36.5 Å². The minimum absolute atomic E-state index is 0.0116. The van der Waals surface area contributed by atoms with E-state index in [0.29, 0.717) is 0 Å². The molecule has 0 spiro atoms. The second-order valence-corrected chi connectivity index (χ2v) is 6.39. The lowest BCUT2D eigenvalue weighted by atomic mass is 10.2. The standard InChI is InChI=1S/C18H11ClF3N5O2/c19-14-5-13(4-1-10(14)6-23)27-9-15(29-17(27)18(20,21)22)16(28)26-12-3-2-11(7-24)25-8-12/h1-5,8,15,17H,9H2,(H,26,28)/t15-,17+/m0/s1. The van der Waals surface area contributed by atoms with Crippen LogP contribution in [-0.4, -0.2) is 35.9 Å². The third-order valence-electron chi connectivity index (χ3n) is 4.06. The quantitative estimate of drug-likeness (QED) is 0.816. The maximum atomic E-state index is 13.5. The average Bonchev–Trinajstić information content (AvgIpc) is 3.15. The van der Waals surface area contributed by atoms with Crippen molar-refractivity contribution in [3.63, 3.8) is 0 Å². The number of hydrogen-bond donors (Lipinski definition) is 1. The van der Waals surface area contributed by atoms with E-state index >= 15 is 0 Å². The van der Waals surface area contributed by atoms with Gasteiger partial charge in [-0.1, -0.05) is 11.6 Å². The van der Waals surface area contributed by atoms with Gasteiger partial charge in [-0.2, -0.15) is 23.7 Å². The number of carbonyl (C=O) groups excluding carboxylic acids is 1. The van der Waals surface area contributed by atoms with E-state index in [2.05, 4.69) is 10.3 Å². The summed E-state index contributed by atoms with van der Waals surface area (Å²) in [5.41, 5.74) is 0.510. The van der Waals surface area contributed by atoms with Gasteiger partial charge in [0, 0.05) is 5.69 Å². The van der Waals surface area contributed by atoms with Gasteiger partial charge in [0.2, 0.25) is 6.23 Å². The second-order valence-electron chi connectivity index (χ2n) is 5.98. The highest BCUT2D eigenvalue weighted by Crippen LogP contribution is 2.36. The van der Waals surface area contributed by atoms with Crippen molar-refractivity contribution in [1.82, 2.24) is 4.98 Å². The Balaban J connectivity index is 1.81. The van der Waals surface area contributed by atoms with Crippen LogP contribution < -0.4 is 10.2 Å². The Morgan fingerprint density at radius 3 is 2.59 bits per heavy atom. The topological polar surface area (TPSA) is 102 Å². The van der Waals surface area contributed by atoms with Crippen molar-refractivity contribution in [3.8, 4) is 12.1 Å². The van der Waals surface area contributed by atoms with Crippen LogP contribution in [0.15, 0.2) is 36.5 Å². The Hall–Kier alpha value is -3.34. The van der Waals surface area contributed by atoms with Crippen LogP contribution in [0.3, 0.4) is 0 Å². The fraction of sp³-hybridized carbons (Fsp3) is 0.222. The molecule has 0 bridgehead atoms. The average molecular weight is 422 g/mol. The van der Waals surface area contributed by atoms with Gasteiger partial charge in [0.1, 0.15) is 17.8 Å². The van der Waals surface area contributed by atoms with Crippen molar-refractivity contribution in [1.29, 1.82) is 10.5 Å². The third-order valence-corrected chi connectivity index (χ3v) is 4.37. The number of carbonyl (C=O) groups is 1. The monoisotopic (exact) mass is 421 g/mol. The highest BCUT2D eigenvalue weighted by Gasteiger charge is 2.52. The molecular formula is C18H11ClF3N5O2. The Bertz CT molecular complexity index is 1010. The molecule has 2 atom stereocenters. The summed E-state index contributed by atoms with van der Waals surface area (Å²) in [6.45, 7) is -0.387. The summed E-state index contributed by atoms with van der Waals surface area (Å²) in [5, 5.41) is 20.0. The Labute approximate surface area is 167 Å². The molecule has 0 saturated carbocycles. The minimum Gasteiger partial charge on any atom is -0.335 e. The molecular weight excluding hydrogens is 411 g/mol. The van der Waals surface area contributed by atoms with Gasteiger partial charge >= 0.3 is 6.18 Å². The molecule has 7 nitrogen and oxygen atoms in total. The van der Waals surface area contributed by atoms with Gasteiger partial charge < -0.3 is 15.0 Å². The molecule has 3 rings (SSSR count). The van der Waals surface area contributed by atoms with E-state index in [1.54, 1.807) is 0 Å². The van der Waals surface area contributed by atoms with Crippen LogP contribution in [0.25, 0.3) is 0 Å². The molecule has 148 valence electrons. The van der Waals surface area contributed by atoms with Crippen LogP contribution in [0.5, 0.6) is 0 Å². The molecule has 1 fully saturated rings. The fourth-order valence-corrected chi connectivity index (χ4v) is 2.93. The molecule has 29 heavy (non-hydrogen) atoms. The van der Waals surface area contributed by atoms with Crippen molar-refractivity contribution in [2.45, 2.75) is 18.5 Å². The van der Waals surface area contributed by atoms with E-state index in [0.717, 1.165) is 4.90 Å². The van der Waals surface area contributed by atoms with Gasteiger partial charge in [-0.25, -0.2) is 4.98 Å². The van der Waals surface area contributed by atoms with Gasteiger partial charge in [0.05, 0.1) is 29.0 Å². The fourth-order valence-electron chi connectivity index (χ4n) is 2.72. The van der Waals surface area contributed by atoms with E-state index < -0.39 is 24.4 Å². The zero-order valence-electron chi connectivity index (χ0n) is 14.4. The number of anilines is 2. The van der Waals surface area contributed by atoms with Gasteiger partial charge in [-0.15, -0.1) is 0 Å². The van der Waals surface area contributed by atoms with Crippen molar-refractivity contribution in [2.75, 3.05) is 16.8 Å². The number of alkyl halides is 3. The Morgan fingerprint density at radius 1 is 1.28 bits per heavy atom. The number of benzene rings is 1. The predicted molar refractivity (Wildman–Crippen MR) is 95.8 cm³/mol. The third kappa shape index (κ3) is 4.40. The normalized spacial score (nSPS) is 18.8. The van der Waals surface area contributed by atoms with E-state index in [4.69, 9.17) is 26.9 Å². The molecule has 2 aromatic rings. The van der Waals surface area contributed by atoms with Crippen LogP contribution in [0.1, 0.15) is 11.3 Å². The zero-order chi connectivity index (χ0) is 21.2.